The van der Waals surface area contributed by atoms with E-state index in [1.807, 2.05) is 36.4 Å². The number of carbonyl (C=O) groups excluding carboxylic acids is 2. The van der Waals surface area contributed by atoms with Crippen molar-refractivity contribution in [3.63, 3.8) is 0 Å². The molecule has 2 aromatic rings. The van der Waals surface area contributed by atoms with Gasteiger partial charge in [-0.3, -0.25) is 14.5 Å². The molecule has 0 aromatic heterocycles. The first kappa shape index (κ1) is 14.9. The van der Waals surface area contributed by atoms with Gasteiger partial charge in [0.1, 0.15) is 0 Å². The van der Waals surface area contributed by atoms with Crippen LogP contribution in [0.15, 0.2) is 60.7 Å². The van der Waals surface area contributed by atoms with Gasteiger partial charge >= 0.3 is 0 Å². The molecule has 3 aliphatic rings. The summed E-state index contributed by atoms with van der Waals surface area (Å²) < 4.78 is 0. The molecule has 25 heavy (non-hydrogen) atoms. The van der Waals surface area contributed by atoms with Crippen LogP contribution in [0.5, 0.6) is 0 Å². The molecule has 2 amide bonds. The van der Waals surface area contributed by atoms with Crippen LogP contribution in [0.25, 0.3) is 0 Å². The summed E-state index contributed by atoms with van der Waals surface area (Å²) in [6, 6.07) is 20.3. The van der Waals surface area contributed by atoms with E-state index in [2.05, 4.69) is 24.3 Å². The molecule has 3 fully saturated rings. The predicted octanol–water partition coefficient (Wildman–Crippen LogP) is 3.61. The van der Waals surface area contributed by atoms with Crippen molar-refractivity contribution in [1.82, 2.24) is 4.90 Å². The van der Waals surface area contributed by atoms with Gasteiger partial charge < -0.3 is 0 Å². The Morgan fingerprint density at radius 2 is 1.44 bits per heavy atom. The Hall–Kier alpha value is -2.42. The maximum atomic E-state index is 13.1. The highest BCUT2D eigenvalue weighted by atomic mass is 16.2. The normalized spacial score (nSPS) is 33.1. The Bertz CT molecular complexity index is 816. The fourth-order valence-corrected chi connectivity index (χ4v) is 5.53. The zero-order chi connectivity index (χ0) is 17.0. The molecule has 0 radical (unpaired) electrons. The van der Waals surface area contributed by atoms with Gasteiger partial charge in [0, 0.05) is 0 Å². The molecule has 2 aromatic carbocycles. The molecular weight excluding hydrogens is 310 g/mol. The summed E-state index contributed by atoms with van der Waals surface area (Å²) in [5.74, 6) is 1.10. The number of amides is 2. The van der Waals surface area contributed by atoms with Gasteiger partial charge in [0.15, 0.2) is 0 Å². The quantitative estimate of drug-likeness (QED) is 0.806. The van der Waals surface area contributed by atoms with Crippen molar-refractivity contribution in [1.29, 1.82) is 0 Å². The van der Waals surface area contributed by atoms with Crippen LogP contribution < -0.4 is 0 Å². The molecular formula is C22H21NO2. The van der Waals surface area contributed by atoms with E-state index in [1.165, 1.54) is 10.5 Å². The van der Waals surface area contributed by atoms with E-state index in [0.717, 1.165) is 18.4 Å². The number of imide groups is 1. The maximum Gasteiger partial charge on any atom is 0.233 e. The lowest BCUT2D eigenvalue weighted by molar-refractivity contribution is -0.141. The Morgan fingerprint density at radius 1 is 0.800 bits per heavy atom. The van der Waals surface area contributed by atoms with Crippen molar-refractivity contribution < 1.29 is 9.59 Å². The van der Waals surface area contributed by atoms with Crippen molar-refractivity contribution in [3.8, 4) is 0 Å². The summed E-state index contributed by atoms with van der Waals surface area (Å²) >= 11 is 0. The summed E-state index contributed by atoms with van der Waals surface area (Å²) in [4.78, 5) is 27.5. The molecule has 0 unspecified atom stereocenters. The summed E-state index contributed by atoms with van der Waals surface area (Å²) in [6.07, 6.45) is 2.08. The molecule has 2 aliphatic carbocycles. The average molecular weight is 331 g/mol. The largest absolute Gasteiger partial charge is 0.278 e. The second-order valence-corrected chi connectivity index (χ2v) is 7.71. The standard InChI is InChI=1S/C22H21NO2/c24-21-19-16-11-17(15-9-5-2-6-10-15)18(12-16)20(19)22(25)23(21)13-14-7-3-1-4-8-14/h1-10,16-20H,11-13H2/t16-,17+,18+,19+,20+/m0/s1. The van der Waals surface area contributed by atoms with Gasteiger partial charge in [-0.1, -0.05) is 60.7 Å². The van der Waals surface area contributed by atoms with Crippen molar-refractivity contribution in [2.45, 2.75) is 25.3 Å². The van der Waals surface area contributed by atoms with Gasteiger partial charge in [0.2, 0.25) is 11.8 Å². The SMILES string of the molecule is O=C1[C@@H]2[C@@H]3C[C@@H]([C@H]2C(=O)N1Cc1ccccc1)[C@@H](c1ccccc1)C3. The molecule has 0 spiro atoms. The van der Waals surface area contributed by atoms with Crippen LogP contribution in [0.1, 0.15) is 29.9 Å². The van der Waals surface area contributed by atoms with E-state index in [0.29, 0.717) is 24.3 Å². The molecule has 0 N–H and O–H groups in total. The monoisotopic (exact) mass is 331 g/mol. The minimum absolute atomic E-state index is 0.0620. The zero-order valence-electron chi connectivity index (χ0n) is 14.0. The van der Waals surface area contributed by atoms with Crippen molar-refractivity contribution in [3.05, 3.63) is 71.8 Å². The zero-order valence-corrected chi connectivity index (χ0v) is 14.0. The summed E-state index contributed by atoms with van der Waals surface area (Å²) in [7, 11) is 0. The number of hydrogen-bond donors (Lipinski definition) is 0. The van der Waals surface area contributed by atoms with Gasteiger partial charge in [-0.2, -0.15) is 0 Å². The number of carbonyl (C=O) groups is 2. The third-order valence-corrected chi connectivity index (χ3v) is 6.52. The van der Waals surface area contributed by atoms with Crippen LogP contribution >= 0.6 is 0 Å². The molecule has 1 aliphatic heterocycles. The summed E-state index contributed by atoms with van der Waals surface area (Å²) in [6.45, 7) is 0.418. The lowest BCUT2D eigenvalue weighted by Crippen LogP contribution is -2.32. The number of nitrogens with zero attached hydrogens (tertiary/aromatic N) is 1. The molecule has 5 atom stereocenters. The topological polar surface area (TPSA) is 37.4 Å². The van der Waals surface area contributed by atoms with Crippen LogP contribution in [0.4, 0.5) is 0 Å². The first-order valence-electron chi connectivity index (χ1n) is 9.18. The third-order valence-electron chi connectivity index (χ3n) is 6.52. The molecule has 1 heterocycles. The van der Waals surface area contributed by atoms with E-state index in [4.69, 9.17) is 0 Å². The molecule has 126 valence electrons. The second-order valence-electron chi connectivity index (χ2n) is 7.71. The van der Waals surface area contributed by atoms with Crippen LogP contribution in [-0.2, 0) is 16.1 Å². The first-order valence-corrected chi connectivity index (χ1v) is 9.18. The van der Waals surface area contributed by atoms with Gasteiger partial charge in [-0.05, 0) is 41.7 Å². The summed E-state index contributed by atoms with van der Waals surface area (Å²) in [5.41, 5.74) is 2.35. The average Bonchev–Trinajstić information content (AvgIpc) is 3.31. The lowest BCUT2D eigenvalue weighted by Gasteiger charge is -2.28. The van der Waals surface area contributed by atoms with Gasteiger partial charge in [0.25, 0.3) is 0 Å². The molecule has 3 heteroatoms. The highest BCUT2D eigenvalue weighted by molar-refractivity contribution is 6.06. The second kappa shape index (κ2) is 5.55. The summed E-state index contributed by atoms with van der Waals surface area (Å²) in [5, 5.41) is 0. The lowest BCUT2D eigenvalue weighted by atomic mass is 9.73. The van der Waals surface area contributed by atoms with Crippen molar-refractivity contribution in [2.75, 3.05) is 0 Å². The smallest absolute Gasteiger partial charge is 0.233 e. The highest BCUT2D eigenvalue weighted by Gasteiger charge is 2.63. The number of likely N-dealkylation sites (tertiary alicyclic amines) is 1. The fourth-order valence-electron chi connectivity index (χ4n) is 5.53. The van der Waals surface area contributed by atoms with E-state index in [-0.39, 0.29) is 23.7 Å². The highest BCUT2D eigenvalue weighted by Crippen LogP contribution is 2.61. The Labute approximate surface area is 147 Å². The Morgan fingerprint density at radius 3 is 2.16 bits per heavy atom. The first-order chi connectivity index (χ1) is 12.2. The molecule has 1 saturated heterocycles. The van der Waals surface area contributed by atoms with Gasteiger partial charge in [0.05, 0.1) is 18.4 Å². The van der Waals surface area contributed by atoms with Crippen molar-refractivity contribution >= 4 is 11.8 Å². The van der Waals surface area contributed by atoms with Crippen LogP contribution in [-0.4, -0.2) is 16.7 Å². The van der Waals surface area contributed by atoms with Crippen LogP contribution in [0.3, 0.4) is 0 Å². The number of fused-ring (bicyclic) bond motifs is 5. The molecule has 2 saturated carbocycles. The van der Waals surface area contributed by atoms with Gasteiger partial charge in [-0.25, -0.2) is 0 Å². The fraction of sp³-hybridized carbons (Fsp3) is 0.364. The van der Waals surface area contributed by atoms with Crippen LogP contribution in [0, 0.1) is 23.7 Å². The number of benzene rings is 2. The molecule has 3 nitrogen and oxygen atoms in total. The number of hydrogen-bond acceptors (Lipinski definition) is 2. The third kappa shape index (κ3) is 2.18. The maximum absolute atomic E-state index is 13.1. The number of rotatable bonds is 3. The minimum atomic E-state index is -0.0971. The predicted molar refractivity (Wildman–Crippen MR) is 94.4 cm³/mol. The van der Waals surface area contributed by atoms with E-state index in [1.54, 1.807) is 0 Å². The van der Waals surface area contributed by atoms with E-state index >= 15 is 0 Å². The van der Waals surface area contributed by atoms with Gasteiger partial charge in [-0.15, -0.1) is 0 Å². The molecule has 2 bridgehead atoms. The Balaban J connectivity index is 1.42. The Kier molecular flexibility index (Phi) is 3.30. The van der Waals surface area contributed by atoms with Crippen molar-refractivity contribution in [2.24, 2.45) is 23.7 Å². The molecule has 5 rings (SSSR count). The van der Waals surface area contributed by atoms with E-state index < -0.39 is 0 Å². The van der Waals surface area contributed by atoms with Crippen LogP contribution in [0.2, 0.25) is 0 Å². The minimum Gasteiger partial charge on any atom is -0.278 e. The van der Waals surface area contributed by atoms with E-state index in [9.17, 15) is 9.59 Å².